The molecule has 2 rings (SSSR count). The summed E-state index contributed by atoms with van der Waals surface area (Å²) in [7, 11) is 0. The van der Waals surface area contributed by atoms with E-state index in [9.17, 15) is 0 Å². The Hall–Kier alpha value is -1.29. The molecule has 0 amide bonds. The van der Waals surface area contributed by atoms with Crippen LogP contribution in [-0.4, -0.2) is 17.6 Å². The number of benzene rings is 1. The molecule has 112 valence electrons. The second-order valence-electron chi connectivity index (χ2n) is 4.99. The van der Waals surface area contributed by atoms with Gasteiger partial charge in [-0.1, -0.05) is 36.2 Å². The molecule has 1 atom stereocenters. The minimum atomic E-state index is 0.277. The van der Waals surface area contributed by atoms with E-state index in [1.165, 1.54) is 0 Å². The van der Waals surface area contributed by atoms with Gasteiger partial charge in [-0.15, -0.1) is 0 Å². The lowest BCUT2D eigenvalue weighted by atomic mass is 9.99. The highest BCUT2D eigenvalue weighted by Crippen LogP contribution is 2.23. The molecular formula is C16H19Cl2N3. The van der Waals surface area contributed by atoms with Gasteiger partial charge in [-0.05, 0) is 48.7 Å². The van der Waals surface area contributed by atoms with Crippen molar-refractivity contribution in [1.29, 1.82) is 0 Å². The minimum Gasteiger partial charge on any atom is -0.398 e. The third kappa shape index (κ3) is 4.60. The number of aromatic nitrogens is 1. The molecular weight excluding hydrogens is 305 g/mol. The van der Waals surface area contributed by atoms with Gasteiger partial charge in [0.05, 0.1) is 10.0 Å². The van der Waals surface area contributed by atoms with E-state index >= 15 is 0 Å². The molecule has 0 aliphatic rings. The molecule has 2 aromatic rings. The summed E-state index contributed by atoms with van der Waals surface area (Å²) in [5, 5.41) is 4.65. The summed E-state index contributed by atoms with van der Waals surface area (Å²) >= 11 is 12.0. The molecule has 0 saturated carbocycles. The fourth-order valence-electron chi connectivity index (χ4n) is 2.33. The number of pyridine rings is 1. The van der Waals surface area contributed by atoms with E-state index in [2.05, 4.69) is 17.2 Å². The molecule has 0 saturated heterocycles. The van der Waals surface area contributed by atoms with Crippen LogP contribution in [0.5, 0.6) is 0 Å². The number of hydrogen-bond donors (Lipinski definition) is 2. The maximum absolute atomic E-state index is 6.08. The van der Waals surface area contributed by atoms with E-state index in [0.29, 0.717) is 10.0 Å². The Kier molecular flexibility index (Phi) is 5.85. The number of hydrogen-bond acceptors (Lipinski definition) is 3. The van der Waals surface area contributed by atoms with E-state index < -0.39 is 0 Å². The van der Waals surface area contributed by atoms with E-state index in [4.69, 9.17) is 28.9 Å². The second-order valence-corrected chi connectivity index (χ2v) is 5.80. The smallest absolute Gasteiger partial charge is 0.0595 e. The minimum absolute atomic E-state index is 0.277. The van der Waals surface area contributed by atoms with Crippen molar-refractivity contribution in [3.05, 3.63) is 57.8 Å². The molecule has 1 aromatic heterocycles. The van der Waals surface area contributed by atoms with Crippen molar-refractivity contribution in [2.45, 2.75) is 25.8 Å². The van der Waals surface area contributed by atoms with Gasteiger partial charge < -0.3 is 11.1 Å². The number of nitrogens with one attached hydrogen (secondary N) is 1. The molecule has 1 heterocycles. The number of rotatable bonds is 6. The van der Waals surface area contributed by atoms with Gasteiger partial charge in [0.2, 0.25) is 0 Å². The molecule has 3 N–H and O–H groups in total. The molecule has 5 heteroatoms. The van der Waals surface area contributed by atoms with Crippen molar-refractivity contribution in [3.63, 3.8) is 0 Å². The predicted molar refractivity (Wildman–Crippen MR) is 90.0 cm³/mol. The Bertz CT molecular complexity index is 602. The molecule has 0 radical (unpaired) electrons. The highest BCUT2D eigenvalue weighted by Gasteiger charge is 2.12. The summed E-state index contributed by atoms with van der Waals surface area (Å²) in [5.41, 5.74) is 8.99. The van der Waals surface area contributed by atoms with Crippen LogP contribution in [0.1, 0.15) is 18.1 Å². The van der Waals surface area contributed by atoms with Gasteiger partial charge in [0.15, 0.2) is 0 Å². The Morgan fingerprint density at radius 1 is 1.19 bits per heavy atom. The number of halogens is 2. The molecule has 0 bridgehead atoms. The van der Waals surface area contributed by atoms with Crippen LogP contribution in [0, 0.1) is 0 Å². The first kappa shape index (κ1) is 16.1. The molecule has 21 heavy (non-hydrogen) atoms. The van der Waals surface area contributed by atoms with Crippen LogP contribution in [0.25, 0.3) is 0 Å². The number of nitrogens with two attached hydrogens (primary N) is 1. The van der Waals surface area contributed by atoms with E-state index in [-0.39, 0.29) is 6.04 Å². The molecule has 0 fully saturated rings. The van der Waals surface area contributed by atoms with Gasteiger partial charge in [0, 0.05) is 24.1 Å². The van der Waals surface area contributed by atoms with E-state index in [0.717, 1.165) is 36.2 Å². The van der Waals surface area contributed by atoms with Crippen LogP contribution < -0.4 is 11.1 Å². The lowest BCUT2D eigenvalue weighted by Crippen LogP contribution is -2.33. The highest BCUT2D eigenvalue weighted by atomic mass is 35.5. The van der Waals surface area contributed by atoms with E-state index in [1.54, 1.807) is 6.20 Å². The van der Waals surface area contributed by atoms with Gasteiger partial charge in [-0.2, -0.15) is 0 Å². The van der Waals surface area contributed by atoms with Crippen LogP contribution in [-0.2, 0) is 12.8 Å². The molecule has 1 aromatic carbocycles. The summed E-state index contributed by atoms with van der Waals surface area (Å²) in [6.45, 7) is 2.99. The average Bonchev–Trinajstić information content (AvgIpc) is 2.46. The van der Waals surface area contributed by atoms with E-state index in [1.807, 2.05) is 30.5 Å². The van der Waals surface area contributed by atoms with Crippen LogP contribution in [0.4, 0.5) is 5.69 Å². The maximum atomic E-state index is 6.08. The number of nitrogens with zero attached hydrogens (tertiary/aromatic N) is 1. The number of nitrogen functional groups attached to an aromatic ring is 1. The summed E-state index contributed by atoms with van der Waals surface area (Å²) in [6, 6.07) is 7.86. The average molecular weight is 324 g/mol. The van der Waals surface area contributed by atoms with Crippen LogP contribution in [0.15, 0.2) is 36.7 Å². The molecule has 0 spiro atoms. The van der Waals surface area contributed by atoms with Crippen LogP contribution in [0.3, 0.4) is 0 Å². The first-order chi connectivity index (χ1) is 10.1. The largest absolute Gasteiger partial charge is 0.398 e. The van der Waals surface area contributed by atoms with Crippen molar-refractivity contribution < 1.29 is 0 Å². The maximum Gasteiger partial charge on any atom is 0.0595 e. The third-order valence-corrected chi connectivity index (χ3v) is 4.11. The van der Waals surface area contributed by atoms with Gasteiger partial charge in [0.25, 0.3) is 0 Å². The van der Waals surface area contributed by atoms with Gasteiger partial charge in [-0.3, -0.25) is 4.98 Å². The number of likely N-dealkylation sites (N-methyl/N-ethyl adjacent to an activating group) is 1. The Balaban J connectivity index is 2.11. The normalized spacial score (nSPS) is 12.3. The van der Waals surface area contributed by atoms with Gasteiger partial charge in [0.1, 0.15) is 0 Å². The number of anilines is 1. The second kappa shape index (κ2) is 7.64. The zero-order valence-electron chi connectivity index (χ0n) is 11.9. The fourth-order valence-corrected chi connectivity index (χ4v) is 2.65. The summed E-state index contributed by atoms with van der Waals surface area (Å²) in [5.74, 6) is 0. The first-order valence-electron chi connectivity index (χ1n) is 6.95. The van der Waals surface area contributed by atoms with Crippen molar-refractivity contribution >= 4 is 28.9 Å². The summed E-state index contributed by atoms with van der Waals surface area (Å²) in [4.78, 5) is 4.15. The zero-order valence-corrected chi connectivity index (χ0v) is 13.5. The zero-order chi connectivity index (χ0) is 15.2. The Morgan fingerprint density at radius 2 is 2.00 bits per heavy atom. The standard InChI is InChI=1S/C16H19Cl2N3/c1-2-21-13(9-12-10-20-6-5-16(12)19)7-11-3-4-14(17)15(18)8-11/h3-6,8,10,13,21H,2,7,9H2,1H3,(H2,19,20). The lowest BCUT2D eigenvalue weighted by Gasteiger charge is -2.19. The van der Waals surface area contributed by atoms with Crippen molar-refractivity contribution in [3.8, 4) is 0 Å². The summed E-state index contributed by atoms with van der Waals surface area (Å²) in [6.07, 6.45) is 5.22. The quantitative estimate of drug-likeness (QED) is 0.851. The SMILES string of the molecule is CCNC(Cc1ccc(Cl)c(Cl)c1)Cc1cnccc1N. The van der Waals surface area contributed by atoms with Gasteiger partial charge >= 0.3 is 0 Å². The third-order valence-electron chi connectivity index (χ3n) is 3.37. The molecule has 1 unspecified atom stereocenters. The fraction of sp³-hybridized carbons (Fsp3) is 0.312. The topological polar surface area (TPSA) is 50.9 Å². The van der Waals surface area contributed by atoms with Crippen molar-refractivity contribution in [2.24, 2.45) is 0 Å². The predicted octanol–water partition coefficient (Wildman–Crippen LogP) is 3.73. The van der Waals surface area contributed by atoms with Crippen molar-refractivity contribution in [1.82, 2.24) is 10.3 Å². The van der Waals surface area contributed by atoms with Crippen LogP contribution >= 0.6 is 23.2 Å². The monoisotopic (exact) mass is 323 g/mol. The van der Waals surface area contributed by atoms with Gasteiger partial charge in [-0.25, -0.2) is 0 Å². The Labute approximate surface area is 135 Å². The summed E-state index contributed by atoms with van der Waals surface area (Å²) < 4.78 is 0. The molecule has 0 aliphatic carbocycles. The molecule has 0 aliphatic heterocycles. The van der Waals surface area contributed by atoms with Crippen molar-refractivity contribution in [2.75, 3.05) is 12.3 Å². The lowest BCUT2D eigenvalue weighted by molar-refractivity contribution is 0.521. The highest BCUT2D eigenvalue weighted by molar-refractivity contribution is 6.42. The Morgan fingerprint density at radius 3 is 2.67 bits per heavy atom. The van der Waals surface area contributed by atoms with Crippen LogP contribution in [0.2, 0.25) is 10.0 Å². The first-order valence-corrected chi connectivity index (χ1v) is 7.71. The molecule has 3 nitrogen and oxygen atoms in total.